The molecule has 1 rings (SSSR count). The molecule has 1 N–H and O–H groups in total. The zero-order valence-corrected chi connectivity index (χ0v) is 5.94. The molecular formula is C7H7NO3. The van der Waals surface area contributed by atoms with Gasteiger partial charge in [-0.15, -0.1) is 0 Å². The van der Waals surface area contributed by atoms with Crippen LogP contribution in [-0.2, 0) is 0 Å². The first-order valence-electron chi connectivity index (χ1n) is 3.04. The van der Waals surface area contributed by atoms with E-state index in [4.69, 9.17) is 5.11 Å². The Hall–Kier alpha value is -1.58. The van der Waals surface area contributed by atoms with Crippen molar-refractivity contribution in [2.75, 3.05) is 0 Å². The molecule has 11 heavy (non-hydrogen) atoms. The van der Waals surface area contributed by atoms with Gasteiger partial charge >= 0.3 is 0 Å². The lowest BCUT2D eigenvalue weighted by molar-refractivity contribution is 0.0931. The van der Waals surface area contributed by atoms with E-state index in [1.54, 1.807) is 0 Å². The molecular weight excluding hydrogens is 146 g/mol. The number of hydrogen-bond donors (Lipinski definition) is 1. The third-order valence-electron chi connectivity index (χ3n) is 1.27. The summed E-state index contributed by atoms with van der Waals surface area (Å²) in [5.74, 6) is -0.825. The molecule has 58 valence electrons. The quantitative estimate of drug-likeness (QED) is 0.579. The van der Waals surface area contributed by atoms with E-state index in [0.29, 0.717) is 0 Å². The highest BCUT2D eigenvalue weighted by Gasteiger charge is 2.02. The van der Waals surface area contributed by atoms with Crippen molar-refractivity contribution in [2.24, 2.45) is 0 Å². The summed E-state index contributed by atoms with van der Waals surface area (Å²) in [6, 6.07) is 2.67. The largest absolute Gasteiger partial charge is 0.503 e. The highest BCUT2D eigenvalue weighted by molar-refractivity contribution is 5.76. The topological polar surface area (TPSA) is 59.3 Å². The van der Waals surface area contributed by atoms with Gasteiger partial charge in [-0.3, -0.25) is 14.2 Å². The molecule has 0 bridgehead atoms. The van der Waals surface area contributed by atoms with E-state index in [1.165, 1.54) is 25.3 Å². The number of nitrogens with zero attached hydrogens (tertiary/aromatic N) is 1. The van der Waals surface area contributed by atoms with Gasteiger partial charge < -0.3 is 5.11 Å². The normalized spacial score (nSPS) is 9.55. The predicted octanol–water partition coefficient (Wildman–Crippen LogP) is 0.214. The van der Waals surface area contributed by atoms with Gasteiger partial charge in [0.25, 0.3) is 5.56 Å². The lowest BCUT2D eigenvalue weighted by atomic mass is 10.4. The van der Waals surface area contributed by atoms with Gasteiger partial charge in [-0.05, 0) is 12.1 Å². The number of carbonyl (C=O) groups excluding carboxylic acids is 1. The van der Waals surface area contributed by atoms with Gasteiger partial charge in [0, 0.05) is 13.1 Å². The summed E-state index contributed by atoms with van der Waals surface area (Å²) in [4.78, 5) is 21.6. The molecule has 0 aromatic carbocycles. The van der Waals surface area contributed by atoms with Crippen LogP contribution in [-0.4, -0.2) is 15.6 Å². The van der Waals surface area contributed by atoms with Crippen molar-refractivity contribution in [2.45, 2.75) is 6.92 Å². The van der Waals surface area contributed by atoms with Crippen LogP contribution in [0.15, 0.2) is 23.1 Å². The zero-order valence-electron chi connectivity index (χ0n) is 5.94. The van der Waals surface area contributed by atoms with Gasteiger partial charge in [-0.2, -0.15) is 0 Å². The summed E-state index contributed by atoms with van der Waals surface area (Å²) in [5.41, 5.74) is -0.681. The molecule has 0 aliphatic rings. The minimum absolute atomic E-state index is 0.411. The molecule has 1 aromatic rings. The molecule has 0 radical (unpaired) electrons. The average molecular weight is 153 g/mol. The minimum Gasteiger partial charge on any atom is -0.503 e. The number of carbonyl (C=O) groups is 1. The van der Waals surface area contributed by atoms with E-state index in [1.807, 2.05) is 0 Å². The van der Waals surface area contributed by atoms with Crippen molar-refractivity contribution >= 4 is 5.91 Å². The van der Waals surface area contributed by atoms with Crippen LogP contribution in [0.25, 0.3) is 0 Å². The van der Waals surface area contributed by atoms with Crippen LogP contribution in [0.1, 0.15) is 11.7 Å². The van der Waals surface area contributed by atoms with Gasteiger partial charge in [0.15, 0.2) is 5.75 Å². The van der Waals surface area contributed by atoms with Crippen molar-refractivity contribution in [3.63, 3.8) is 0 Å². The highest BCUT2D eigenvalue weighted by atomic mass is 16.3. The Morgan fingerprint density at radius 1 is 1.64 bits per heavy atom. The van der Waals surface area contributed by atoms with Gasteiger partial charge in [0.05, 0.1) is 0 Å². The van der Waals surface area contributed by atoms with Gasteiger partial charge in [-0.25, -0.2) is 0 Å². The Labute approximate surface area is 62.7 Å². The fourth-order valence-corrected chi connectivity index (χ4v) is 0.731. The Bertz CT molecular complexity index is 340. The average Bonchev–Trinajstić information content (AvgIpc) is 1.94. The molecule has 0 aliphatic heterocycles. The maximum atomic E-state index is 10.9. The van der Waals surface area contributed by atoms with Crippen molar-refractivity contribution in [1.82, 2.24) is 4.57 Å². The maximum Gasteiger partial charge on any atom is 0.299 e. The van der Waals surface area contributed by atoms with Crippen LogP contribution in [0.5, 0.6) is 5.75 Å². The fourth-order valence-electron chi connectivity index (χ4n) is 0.731. The van der Waals surface area contributed by atoms with Crippen molar-refractivity contribution in [3.8, 4) is 5.75 Å². The van der Waals surface area contributed by atoms with Crippen LogP contribution < -0.4 is 5.56 Å². The lowest BCUT2D eigenvalue weighted by Gasteiger charge is -1.97. The Kier molecular flexibility index (Phi) is 1.76. The zero-order chi connectivity index (χ0) is 8.43. The number of aromatic hydroxyl groups is 1. The number of hydrogen-bond acceptors (Lipinski definition) is 3. The lowest BCUT2D eigenvalue weighted by Crippen LogP contribution is -2.22. The summed E-state index contributed by atoms with van der Waals surface area (Å²) < 4.78 is 0.843. The number of rotatable bonds is 0. The maximum absolute atomic E-state index is 10.9. The van der Waals surface area contributed by atoms with Crippen molar-refractivity contribution in [3.05, 3.63) is 28.7 Å². The smallest absolute Gasteiger partial charge is 0.299 e. The Morgan fingerprint density at radius 3 is 2.73 bits per heavy atom. The van der Waals surface area contributed by atoms with E-state index in [0.717, 1.165) is 4.57 Å². The molecule has 0 saturated carbocycles. The predicted molar refractivity (Wildman–Crippen MR) is 38.7 cm³/mol. The molecule has 0 unspecified atom stereocenters. The molecule has 0 amide bonds. The van der Waals surface area contributed by atoms with E-state index >= 15 is 0 Å². The molecule has 0 fully saturated rings. The molecule has 1 heterocycles. The summed E-state index contributed by atoms with van der Waals surface area (Å²) in [6.45, 7) is 1.25. The van der Waals surface area contributed by atoms with Crippen molar-refractivity contribution in [1.29, 1.82) is 0 Å². The van der Waals surface area contributed by atoms with E-state index in [9.17, 15) is 9.59 Å². The fraction of sp³-hybridized carbons (Fsp3) is 0.143. The van der Waals surface area contributed by atoms with Crippen LogP contribution in [0.2, 0.25) is 0 Å². The van der Waals surface area contributed by atoms with Crippen LogP contribution in [0.4, 0.5) is 0 Å². The first-order chi connectivity index (χ1) is 5.13. The SMILES string of the molecule is CC(=O)n1cccc(O)c1=O. The second kappa shape index (κ2) is 2.57. The molecule has 4 nitrogen and oxygen atoms in total. The second-order valence-electron chi connectivity index (χ2n) is 2.09. The minimum atomic E-state index is -0.681. The Morgan fingerprint density at radius 2 is 2.27 bits per heavy atom. The monoisotopic (exact) mass is 153 g/mol. The molecule has 1 aromatic heterocycles. The molecule has 0 aliphatic carbocycles. The molecule has 0 atom stereocenters. The van der Waals surface area contributed by atoms with Gasteiger partial charge in [0.2, 0.25) is 5.91 Å². The summed E-state index contributed by atoms with van der Waals surface area (Å²) >= 11 is 0. The number of pyridine rings is 1. The first kappa shape index (κ1) is 7.53. The van der Waals surface area contributed by atoms with Gasteiger partial charge in [-0.1, -0.05) is 0 Å². The summed E-state index contributed by atoms with van der Waals surface area (Å²) in [6.07, 6.45) is 1.31. The van der Waals surface area contributed by atoms with E-state index in [2.05, 4.69) is 0 Å². The third-order valence-corrected chi connectivity index (χ3v) is 1.27. The summed E-state index contributed by atoms with van der Waals surface area (Å²) in [7, 11) is 0. The number of aromatic nitrogens is 1. The summed E-state index contributed by atoms with van der Waals surface area (Å²) in [5, 5.41) is 8.86. The molecule has 4 heteroatoms. The second-order valence-corrected chi connectivity index (χ2v) is 2.09. The first-order valence-corrected chi connectivity index (χ1v) is 3.04. The standard InChI is InChI=1S/C7H7NO3/c1-5(9)8-4-2-3-6(10)7(8)11/h2-4,10H,1H3. The van der Waals surface area contributed by atoms with Crippen LogP contribution in [0, 0.1) is 0 Å². The van der Waals surface area contributed by atoms with E-state index < -0.39 is 17.2 Å². The highest BCUT2D eigenvalue weighted by Crippen LogP contribution is 1.96. The molecule has 0 spiro atoms. The van der Waals surface area contributed by atoms with Crippen LogP contribution in [0.3, 0.4) is 0 Å². The van der Waals surface area contributed by atoms with Crippen molar-refractivity contribution < 1.29 is 9.90 Å². The third kappa shape index (κ3) is 1.29. The van der Waals surface area contributed by atoms with E-state index in [-0.39, 0.29) is 0 Å². The van der Waals surface area contributed by atoms with Gasteiger partial charge in [0.1, 0.15) is 0 Å². The Balaban J connectivity index is 3.40. The van der Waals surface area contributed by atoms with Crippen LogP contribution >= 0.6 is 0 Å². The molecule has 0 saturated heterocycles.